The first-order valence-electron chi connectivity index (χ1n) is 9.44. The standard InChI is InChI=1S/C20H26N6O2/c1-14-6-5-7-25-12-16(22-19(14)25)20(27)26-8-9-28-17(13-23(2)3)18(26)15-10-21-24(4)11-15/h5-7,10-12,17-18H,8-9,13H2,1-4H3/t17-,18-/m0/s1. The second-order valence-electron chi connectivity index (χ2n) is 7.61. The molecule has 0 saturated carbocycles. The molecule has 0 aromatic carbocycles. The molecule has 0 radical (unpaired) electrons. The van der Waals surface area contributed by atoms with E-state index in [1.165, 1.54) is 0 Å². The summed E-state index contributed by atoms with van der Waals surface area (Å²) >= 11 is 0. The molecule has 1 aliphatic heterocycles. The molecule has 1 saturated heterocycles. The van der Waals surface area contributed by atoms with Crippen molar-refractivity contribution in [1.29, 1.82) is 0 Å². The number of carbonyl (C=O) groups is 1. The minimum atomic E-state index is -0.205. The highest BCUT2D eigenvalue weighted by molar-refractivity contribution is 5.93. The predicted molar refractivity (Wildman–Crippen MR) is 105 cm³/mol. The van der Waals surface area contributed by atoms with Crippen molar-refractivity contribution in [2.24, 2.45) is 7.05 Å². The molecule has 3 aromatic heterocycles. The molecular formula is C20H26N6O2. The van der Waals surface area contributed by atoms with Gasteiger partial charge in [-0.3, -0.25) is 9.48 Å². The van der Waals surface area contributed by atoms with Crippen LogP contribution in [0.5, 0.6) is 0 Å². The van der Waals surface area contributed by atoms with E-state index in [1.807, 2.05) is 68.1 Å². The van der Waals surface area contributed by atoms with Gasteiger partial charge >= 0.3 is 0 Å². The van der Waals surface area contributed by atoms with E-state index in [0.717, 1.165) is 16.8 Å². The maximum Gasteiger partial charge on any atom is 0.274 e. The molecule has 148 valence electrons. The second kappa shape index (κ2) is 7.37. The zero-order valence-electron chi connectivity index (χ0n) is 16.7. The van der Waals surface area contributed by atoms with Gasteiger partial charge in [0, 0.05) is 44.3 Å². The van der Waals surface area contributed by atoms with Crippen molar-refractivity contribution in [3.63, 3.8) is 0 Å². The Bertz CT molecular complexity index is 992. The lowest BCUT2D eigenvalue weighted by Crippen LogP contribution is -2.51. The summed E-state index contributed by atoms with van der Waals surface area (Å²) in [6, 6.07) is 3.75. The van der Waals surface area contributed by atoms with Crippen LogP contribution in [0.4, 0.5) is 0 Å². The first kappa shape index (κ1) is 18.6. The van der Waals surface area contributed by atoms with Crippen molar-refractivity contribution in [2.75, 3.05) is 33.8 Å². The second-order valence-corrected chi connectivity index (χ2v) is 7.61. The van der Waals surface area contributed by atoms with Gasteiger partial charge < -0.3 is 18.9 Å². The molecule has 1 fully saturated rings. The van der Waals surface area contributed by atoms with Gasteiger partial charge in [-0.25, -0.2) is 4.98 Å². The van der Waals surface area contributed by atoms with Crippen LogP contribution in [0.15, 0.2) is 36.9 Å². The number of imidazole rings is 1. The van der Waals surface area contributed by atoms with Gasteiger partial charge in [0.25, 0.3) is 5.91 Å². The molecule has 8 nitrogen and oxygen atoms in total. The molecule has 8 heteroatoms. The quantitative estimate of drug-likeness (QED) is 0.684. The van der Waals surface area contributed by atoms with Crippen molar-refractivity contribution >= 4 is 11.6 Å². The highest BCUT2D eigenvalue weighted by atomic mass is 16.5. The fourth-order valence-electron chi connectivity index (χ4n) is 3.86. The highest BCUT2D eigenvalue weighted by Gasteiger charge is 2.38. The fourth-order valence-corrected chi connectivity index (χ4v) is 3.86. The summed E-state index contributed by atoms with van der Waals surface area (Å²) < 4.78 is 9.72. The summed E-state index contributed by atoms with van der Waals surface area (Å²) in [5.74, 6) is -0.0796. The Hall–Kier alpha value is -2.71. The van der Waals surface area contributed by atoms with Crippen LogP contribution in [-0.4, -0.2) is 74.8 Å². The number of carbonyl (C=O) groups excluding carboxylic acids is 1. The molecule has 4 rings (SSSR count). The van der Waals surface area contributed by atoms with Crippen LogP contribution in [0.2, 0.25) is 0 Å². The third-order valence-corrected chi connectivity index (χ3v) is 5.12. The van der Waals surface area contributed by atoms with Crippen molar-refractivity contribution in [3.05, 3.63) is 53.7 Å². The van der Waals surface area contributed by atoms with E-state index in [1.54, 1.807) is 10.9 Å². The topological polar surface area (TPSA) is 67.9 Å². The number of rotatable bonds is 4. The van der Waals surface area contributed by atoms with E-state index in [0.29, 0.717) is 25.4 Å². The maximum atomic E-state index is 13.5. The third-order valence-electron chi connectivity index (χ3n) is 5.12. The van der Waals surface area contributed by atoms with Crippen LogP contribution in [-0.2, 0) is 11.8 Å². The van der Waals surface area contributed by atoms with E-state index in [-0.39, 0.29) is 18.1 Å². The summed E-state index contributed by atoms with van der Waals surface area (Å²) in [6.45, 7) is 3.74. The van der Waals surface area contributed by atoms with E-state index in [4.69, 9.17) is 4.74 Å². The monoisotopic (exact) mass is 382 g/mol. The molecule has 0 bridgehead atoms. The minimum Gasteiger partial charge on any atom is -0.373 e. The number of aromatic nitrogens is 4. The van der Waals surface area contributed by atoms with Gasteiger partial charge in [-0.05, 0) is 32.6 Å². The number of morpholine rings is 1. The average molecular weight is 382 g/mol. The molecule has 1 amide bonds. The van der Waals surface area contributed by atoms with Gasteiger partial charge in [-0.1, -0.05) is 6.07 Å². The van der Waals surface area contributed by atoms with Crippen LogP contribution in [0, 0.1) is 6.92 Å². The minimum absolute atomic E-state index is 0.0796. The average Bonchev–Trinajstić information content (AvgIpc) is 3.27. The smallest absolute Gasteiger partial charge is 0.274 e. The number of pyridine rings is 1. The van der Waals surface area contributed by atoms with Gasteiger partial charge in [0.05, 0.1) is 24.9 Å². The Balaban J connectivity index is 1.71. The SMILES string of the molecule is Cc1cccn2cc(C(=O)N3CCO[C@@H](CN(C)C)[C@@H]3c3cnn(C)c3)nc12. The fraction of sp³-hybridized carbons (Fsp3) is 0.450. The third kappa shape index (κ3) is 3.41. The van der Waals surface area contributed by atoms with Gasteiger partial charge in [0.2, 0.25) is 0 Å². The lowest BCUT2D eigenvalue weighted by molar-refractivity contribution is -0.0686. The summed E-state index contributed by atoms with van der Waals surface area (Å²) in [5.41, 5.74) is 3.27. The molecule has 1 aliphatic rings. The number of likely N-dealkylation sites (N-methyl/N-ethyl adjacent to an activating group) is 1. The van der Waals surface area contributed by atoms with Crippen LogP contribution < -0.4 is 0 Å². The molecule has 0 unspecified atom stereocenters. The normalized spacial score (nSPS) is 20.2. The maximum absolute atomic E-state index is 13.5. The highest BCUT2D eigenvalue weighted by Crippen LogP contribution is 2.31. The van der Waals surface area contributed by atoms with Gasteiger partial charge in [0.15, 0.2) is 0 Å². The molecule has 3 aromatic rings. The van der Waals surface area contributed by atoms with Crippen LogP contribution >= 0.6 is 0 Å². The Morgan fingerprint density at radius 1 is 1.36 bits per heavy atom. The predicted octanol–water partition coefficient (Wildman–Crippen LogP) is 1.52. The lowest BCUT2D eigenvalue weighted by atomic mass is 10.00. The number of hydrogen-bond donors (Lipinski definition) is 0. The Morgan fingerprint density at radius 2 is 2.18 bits per heavy atom. The van der Waals surface area contributed by atoms with Crippen molar-refractivity contribution in [2.45, 2.75) is 19.1 Å². The van der Waals surface area contributed by atoms with E-state index < -0.39 is 0 Å². The molecule has 0 N–H and O–H groups in total. The number of amides is 1. The van der Waals surface area contributed by atoms with Crippen LogP contribution in [0.25, 0.3) is 5.65 Å². The molecular weight excluding hydrogens is 356 g/mol. The molecule has 0 spiro atoms. The zero-order chi connectivity index (χ0) is 19.8. The molecule has 0 aliphatic carbocycles. The summed E-state index contributed by atoms with van der Waals surface area (Å²) in [7, 11) is 5.90. The summed E-state index contributed by atoms with van der Waals surface area (Å²) in [4.78, 5) is 22.0. The Labute approximate surface area is 164 Å². The lowest BCUT2D eigenvalue weighted by Gasteiger charge is -2.41. The number of hydrogen-bond acceptors (Lipinski definition) is 5. The Kier molecular flexibility index (Phi) is 4.91. The largest absolute Gasteiger partial charge is 0.373 e. The molecule has 4 heterocycles. The van der Waals surface area contributed by atoms with Crippen LogP contribution in [0.3, 0.4) is 0 Å². The summed E-state index contributed by atoms with van der Waals surface area (Å²) in [6.07, 6.45) is 7.36. The number of aryl methyl sites for hydroxylation is 2. The van der Waals surface area contributed by atoms with E-state index >= 15 is 0 Å². The molecule has 28 heavy (non-hydrogen) atoms. The molecule has 2 atom stereocenters. The summed E-state index contributed by atoms with van der Waals surface area (Å²) in [5, 5.41) is 4.31. The van der Waals surface area contributed by atoms with Gasteiger partial charge in [0.1, 0.15) is 11.3 Å². The number of fused-ring (bicyclic) bond motifs is 1. The number of ether oxygens (including phenoxy) is 1. The number of nitrogens with zero attached hydrogens (tertiary/aromatic N) is 6. The van der Waals surface area contributed by atoms with Crippen molar-refractivity contribution in [1.82, 2.24) is 29.0 Å². The van der Waals surface area contributed by atoms with Crippen LogP contribution in [0.1, 0.15) is 27.7 Å². The van der Waals surface area contributed by atoms with Crippen molar-refractivity contribution in [3.8, 4) is 0 Å². The van der Waals surface area contributed by atoms with Gasteiger partial charge in [-0.2, -0.15) is 5.10 Å². The first-order valence-corrected chi connectivity index (χ1v) is 9.44. The van der Waals surface area contributed by atoms with Crippen molar-refractivity contribution < 1.29 is 9.53 Å². The zero-order valence-corrected chi connectivity index (χ0v) is 16.7. The van der Waals surface area contributed by atoms with E-state index in [9.17, 15) is 4.79 Å². The first-order chi connectivity index (χ1) is 13.4. The van der Waals surface area contributed by atoms with E-state index in [2.05, 4.69) is 15.0 Å². The van der Waals surface area contributed by atoms with Gasteiger partial charge in [-0.15, -0.1) is 0 Å². The Morgan fingerprint density at radius 3 is 2.86 bits per heavy atom.